The molecular weight excluding hydrogens is 315 g/mol. The summed E-state index contributed by atoms with van der Waals surface area (Å²) in [6.45, 7) is 2.21. The molecule has 0 bridgehead atoms. The van der Waals surface area contributed by atoms with E-state index < -0.39 is 5.82 Å². The first-order chi connectivity index (χ1) is 9.15. The Kier molecular flexibility index (Phi) is 4.75. The number of methoxy groups -OCH3 is 1. The average Bonchev–Trinajstić information content (AvgIpc) is 2.41. The van der Waals surface area contributed by atoms with Crippen molar-refractivity contribution in [2.45, 2.75) is 6.10 Å². The maximum absolute atomic E-state index is 14.0. The van der Waals surface area contributed by atoms with E-state index in [2.05, 4.69) is 15.9 Å². The van der Waals surface area contributed by atoms with E-state index >= 15 is 0 Å². The number of halogens is 2. The van der Waals surface area contributed by atoms with Crippen molar-refractivity contribution in [2.75, 3.05) is 38.3 Å². The van der Waals surface area contributed by atoms with E-state index in [0.29, 0.717) is 42.0 Å². The molecule has 6 heteroatoms. The van der Waals surface area contributed by atoms with Crippen LogP contribution in [0.2, 0.25) is 0 Å². The molecule has 1 aromatic rings. The van der Waals surface area contributed by atoms with Crippen LogP contribution < -0.4 is 4.90 Å². The lowest BCUT2D eigenvalue weighted by molar-refractivity contribution is -0.0102. The van der Waals surface area contributed by atoms with Gasteiger partial charge in [-0.1, -0.05) is 0 Å². The molecule has 1 aliphatic heterocycles. The lowest BCUT2D eigenvalue weighted by Gasteiger charge is -2.34. The van der Waals surface area contributed by atoms with Crippen LogP contribution in [-0.2, 0) is 9.47 Å². The molecule has 19 heavy (non-hydrogen) atoms. The minimum atomic E-state index is -0.391. The third-order valence-electron chi connectivity index (χ3n) is 2.99. The summed E-state index contributed by atoms with van der Waals surface area (Å²) in [6.07, 6.45) is -0.0624. The zero-order valence-electron chi connectivity index (χ0n) is 10.5. The highest BCUT2D eigenvalue weighted by Gasteiger charge is 2.23. The van der Waals surface area contributed by atoms with Crippen molar-refractivity contribution in [3.8, 4) is 6.07 Å². The summed E-state index contributed by atoms with van der Waals surface area (Å²) in [5, 5.41) is 8.86. The zero-order valence-corrected chi connectivity index (χ0v) is 12.1. The van der Waals surface area contributed by atoms with Crippen molar-refractivity contribution >= 4 is 21.6 Å². The second-order valence-corrected chi connectivity index (χ2v) is 5.14. The lowest BCUT2D eigenvalue weighted by Crippen LogP contribution is -2.44. The van der Waals surface area contributed by atoms with Crippen LogP contribution in [-0.4, -0.2) is 39.5 Å². The van der Waals surface area contributed by atoms with Crippen molar-refractivity contribution in [1.29, 1.82) is 5.26 Å². The number of nitrogens with zero attached hydrogens (tertiary/aromatic N) is 2. The highest BCUT2D eigenvalue weighted by Crippen LogP contribution is 2.28. The molecule has 1 aliphatic rings. The number of hydrogen-bond acceptors (Lipinski definition) is 4. The first-order valence-corrected chi connectivity index (χ1v) is 6.69. The minimum absolute atomic E-state index is 0.0624. The van der Waals surface area contributed by atoms with Gasteiger partial charge in [0.2, 0.25) is 0 Å². The Hall–Kier alpha value is -1.16. The van der Waals surface area contributed by atoms with Gasteiger partial charge in [0.05, 0.1) is 30.6 Å². The van der Waals surface area contributed by atoms with Gasteiger partial charge in [-0.25, -0.2) is 4.39 Å². The van der Waals surface area contributed by atoms with Crippen molar-refractivity contribution in [1.82, 2.24) is 0 Å². The van der Waals surface area contributed by atoms with Gasteiger partial charge in [0.15, 0.2) is 0 Å². The van der Waals surface area contributed by atoms with Gasteiger partial charge in [-0.05, 0) is 28.1 Å². The maximum atomic E-state index is 14.0. The van der Waals surface area contributed by atoms with Crippen LogP contribution in [0.15, 0.2) is 16.6 Å². The van der Waals surface area contributed by atoms with E-state index in [1.165, 1.54) is 6.07 Å². The highest BCUT2D eigenvalue weighted by molar-refractivity contribution is 9.10. The smallest absolute Gasteiger partial charge is 0.147 e. The first kappa shape index (κ1) is 14.3. The molecule has 1 atom stereocenters. The summed E-state index contributed by atoms with van der Waals surface area (Å²) in [4.78, 5) is 1.91. The molecule has 1 heterocycles. The van der Waals surface area contributed by atoms with Crippen LogP contribution in [0.25, 0.3) is 0 Å². The van der Waals surface area contributed by atoms with Crippen molar-refractivity contribution < 1.29 is 13.9 Å². The molecule has 4 nitrogen and oxygen atoms in total. The van der Waals surface area contributed by atoms with E-state index in [1.807, 2.05) is 11.0 Å². The molecule has 1 aromatic carbocycles. The number of nitriles is 1. The monoisotopic (exact) mass is 328 g/mol. The van der Waals surface area contributed by atoms with Crippen LogP contribution in [0.4, 0.5) is 10.1 Å². The number of hydrogen-bond donors (Lipinski definition) is 0. The van der Waals surface area contributed by atoms with E-state index in [4.69, 9.17) is 14.7 Å². The van der Waals surface area contributed by atoms with Crippen LogP contribution in [0.3, 0.4) is 0 Å². The molecule has 0 amide bonds. The first-order valence-electron chi connectivity index (χ1n) is 5.90. The van der Waals surface area contributed by atoms with E-state index in [1.54, 1.807) is 13.2 Å². The summed E-state index contributed by atoms with van der Waals surface area (Å²) in [7, 11) is 1.61. The Balaban J connectivity index is 2.22. The summed E-state index contributed by atoms with van der Waals surface area (Å²) in [5.74, 6) is -0.391. The fraction of sp³-hybridized carbons (Fsp3) is 0.462. The van der Waals surface area contributed by atoms with Gasteiger partial charge in [-0.3, -0.25) is 0 Å². The Morgan fingerprint density at radius 2 is 2.42 bits per heavy atom. The van der Waals surface area contributed by atoms with Crippen molar-refractivity contribution in [2.24, 2.45) is 0 Å². The number of benzene rings is 1. The Labute approximate surface area is 119 Å². The number of anilines is 1. The molecule has 0 aliphatic carbocycles. The SMILES string of the molecule is COC[C@@H]1CN(c2cc(Br)c(C#N)cc2F)CCO1. The van der Waals surface area contributed by atoms with Gasteiger partial charge in [0, 0.05) is 24.7 Å². The molecular formula is C13H14BrFN2O2. The van der Waals surface area contributed by atoms with Crippen LogP contribution in [0, 0.1) is 17.1 Å². The maximum Gasteiger partial charge on any atom is 0.147 e. The number of rotatable bonds is 3. The fourth-order valence-corrected chi connectivity index (χ4v) is 2.51. The molecule has 102 valence electrons. The van der Waals surface area contributed by atoms with Gasteiger partial charge >= 0.3 is 0 Å². The number of morpholine rings is 1. The molecule has 2 rings (SSSR count). The van der Waals surface area contributed by atoms with Gasteiger partial charge in [0.25, 0.3) is 0 Å². The van der Waals surface area contributed by atoms with Gasteiger partial charge < -0.3 is 14.4 Å². The van der Waals surface area contributed by atoms with Gasteiger partial charge in [-0.2, -0.15) is 5.26 Å². The molecule has 0 unspecified atom stereocenters. The normalized spacial score (nSPS) is 19.3. The second-order valence-electron chi connectivity index (χ2n) is 4.29. The van der Waals surface area contributed by atoms with Crippen LogP contribution >= 0.6 is 15.9 Å². The van der Waals surface area contributed by atoms with Gasteiger partial charge in [-0.15, -0.1) is 0 Å². The van der Waals surface area contributed by atoms with Crippen molar-refractivity contribution in [3.63, 3.8) is 0 Å². The summed E-state index contributed by atoms with van der Waals surface area (Å²) >= 11 is 3.28. The zero-order chi connectivity index (χ0) is 13.8. The molecule has 0 N–H and O–H groups in total. The molecule has 0 spiro atoms. The third kappa shape index (κ3) is 3.24. The average molecular weight is 329 g/mol. The number of ether oxygens (including phenoxy) is 2. The predicted octanol–water partition coefficient (Wildman–Crippen LogP) is 2.31. The largest absolute Gasteiger partial charge is 0.382 e. The van der Waals surface area contributed by atoms with Gasteiger partial charge in [0.1, 0.15) is 11.9 Å². The van der Waals surface area contributed by atoms with E-state index in [9.17, 15) is 4.39 Å². The quantitative estimate of drug-likeness (QED) is 0.854. The topological polar surface area (TPSA) is 45.5 Å². The van der Waals surface area contributed by atoms with Crippen molar-refractivity contribution in [3.05, 3.63) is 28.0 Å². The fourth-order valence-electron chi connectivity index (χ4n) is 2.09. The summed E-state index contributed by atoms with van der Waals surface area (Å²) in [5.41, 5.74) is 0.776. The highest BCUT2D eigenvalue weighted by atomic mass is 79.9. The van der Waals surface area contributed by atoms with E-state index in [-0.39, 0.29) is 6.10 Å². The standard InChI is InChI=1S/C13H14BrFN2O2/c1-18-8-10-7-17(2-3-19-10)13-5-11(14)9(6-16)4-12(13)15/h4-5,10H,2-3,7-8H2,1H3/t10-/m0/s1. The Morgan fingerprint density at radius 1 is 1.63 bits per heavy atom. The summed E-state index contributed by atoms with van der Waals surface area (Å²) in [6, 6.07) is 4.84. The molecule has 0 saturated carbocycles. The summed E-state index contributed by atoms with van der Waals surface area (Å²) < 4.78 is 25.2. The molecule has 1 fully saturated rings. The van der Waals surface area contributed by atoms with Crippen LogP contribution in [0.5, 0.6) is 0 Å². The van der Waals surface area contributed by atoms with Crippen LogP contribution in [0.1, 0.15) is 5.56 Å². The molecule has 1 saturated heterocycles. The van der Waals surface area contributed by atoms with E-state index in [0.717, 1.165) is 0 Å². The third-order valence-corrected chi connectivity index (χ3v) is 3.65. The Bertz CT molecular complexity index is 502. The predicted molar refractivity (Wildman–Crippen MR) is 72.6 cm³/mol. The lowest BCUT2D eigenvalue weighted by atomic mass is 10.1. The minimum Gasteiger partial charge on any atom is -0.382 e. The molecule has 0 aromatic heterocycles. The molecule has 0 radical (unpaired) electrons. The second kappa shape index (κ2) is 6.33. The Morgan fingerprint density at radius 3 is 3.11 bits per heavy atom.